The summed E-state index contributed by atoms with van der Waals surface area (Å²) < 4.78 is 12.1. The summed E-state index contributed by atoms with van der Waals surface area (Å²) in [4.78, 5) is 11.6. The SMILES string of the molecule is Cc1ccc(S(=O)CCC(C)(C)C)cc1C(=O)O. The molecule has 4 heteroatoms. The lowest BCUT2D eigenvalue weighted by Gasteiger charge is -2.17. The van der Waals surface area contributed by atoms with Crippen LogP contribution in [-0.4, -0.2) is 21.0 Å². The summed E-state index contributed by atoms with van der Waals surface area (Å²) in [5, 5.41) is 9.03. The van der Waals surface area contributed by atoms with E-state index in [4.69, 9.17) is 5.11 Å². The number of carboxylic acid groups (broad SMARTS) is 1. The van der Waals surface area contributed by atoms with Crippen molar-refractivity contribution in [3.8, 4) is 0 Å². The molecule has 1 aromatic carbocycles. The maximum absolute atomic E-state index is 12.1. The third-order valence-corrected chi connectivity index (χ3v) is 4.09. The molecule has 1 rings (SSSR count). The van der Waals surface area contributed by atoms with Crippen LogP contribution in [0.4, 0.5) is 0 Å². The van der Waals surface area contributed by atoms with Gasteiger partial charge in [0.2, 0.25) is 0 Å². The molecule has 18 heavy (non-hydrogen) atoms. The van der Waals surface area contributed by atoms with Gasteiger partial charge in [-0.3, -0.25) is 4.21 Å². The number of benzene rings is 1. The molecule has 0 bridgehead atoms. The van der Waals surface area contributed by atoms with Crippen molar-refractivity contribution in [1.29, 1.82) is 0 Å². The molecule has 0 amide bonds. The molecule has 1 N–H and O–H groups in total. The predicted molar refractivity (Wildman–Crippen MR) is 73.5 cm³/mol. The normalized spacial score (nSPS) is 13.3. The largest absolute Gasteiger partial charge is 0.478 e. The number of rotatable bonds is 4. The molecule has 0 saturated carbocycles. The van der Waals surface area contributed by atoms with Gasteiger partial charge in [-0.25, -0.2) is 4.79 Å². The average Bonchev–Trinajstić information content (AvgIpc) is 2.25. The molecule has 0 saturated heterocycles. The molecule has 0 fully saturated rings. The third-order valence-electron chi connectivity index (χ3n) is 2.74. The molecule has 0 radical (unpaired) electrons. The Bertz CT molecular complexity index is 472. The van der Waals surface area contributed by atoms with Crippen LogP contribution in [-0.2, 0) is 10.8 Å². The van der Waals surface area contributed by atoms with Crippen molar-refractivity contribution in [2.45, 2.75) is 39.0 Å². The molecule has 0 aromatic heterocycles. The van der Waals surface area contributed by atoms with Gasteiger partial charge in [0.05, 0.1) is 16.4 Å². The van der Waals surface area contributed by atoms with E-state index in [2.05, 4.69) is 20.8 Å². The van der Waals surface area contributed by atoms with Gasteiger partial charge in [0.1, 0.15) is 0 Å². The molecule has 0 aliphatic carbocycles. The van der Waals surface area contributed by atoms with Crippen LogP contribution >= 0.6 is 0 Å². The molecule has 1 unspecified atom stereocenters. The summed E-state index contributed by atoms with van der Waals surface area (Å²) in [5.74, 6) is -0.409. The molecule has 0 aliphatic rings. The van der Waals surface area contributed by atoms with Crippen molar-refractivity contribution in [2.24, 2.45) is 5.41 Å². The fourth-order valence-corrected chi connectivity index (χ4v) is 2.99. The second-order valence-electron chi connectivity index (χ2n) is 5.64. The van der Waals surface area contributed by atoms with Crippen LogP contribution in [0.1, 0.15) is 43.1 Å². The van der Waals surface area contributed by atoms with Gasteiger partial charge in [-0.05, 0) is 36.5 Å². The maximum atomic E-state index is 12.1. The van der Waals surface area contributed by atoms with E-state index in [0.29, 0.717) is 16.2 Å². The summed E-state index contributed by atoms with van der Waals surface area (Å²) in [6, 6.07) is 4.99. The second-order valence-corrected chi connectivity index (χ2v) is 7.21. The predicted octanol–water partition coefficient (Wildman–Crippen LogP) is 3.24. The summed E-state index contributed by atoms with van der Waals surface area (Å²) in [6.45, 7) is 8.04. The fraction of sp³-hybridized carbons (Fsp3) is 0.500. The van der Waals surface area contributed by atoms with E-state index in [1.807, 2.05) is 0 Å². The third kappa shape index (κ3) is 4.26. The van der Waals surface area contributed by atoms with Gasteiger partial charge in [-0.2, -0.15) is 0 Å². The summed E-state index contributed by atoms with van der Waals surface area (Å²) in [6.07, 6.45) is 0.843. The highest BCUT2D eigenvalue weighted by molar-refractivity contribution is 7.85. The quantitative estimate of drug-likeness (QED) is 0.912. The van der Waals surface area contributed by atoms with Crippen molar-refractivity contribution < 1.29 is 14.1 Å². The van der Waals surface area contributed by atoms with Crippen LogP contribution in [0.2, 0.25) is 0 Å². The van der Waals surface area contributed by atoms with E-state index in [0.717, 1.165) is 6.42 Å². The summed E-state index contributed by atoms with van der Waals surface area (Å²) in [5.41, 5.74) is 1.06. The van der Waals surface area contributed by atoms with Crippen LogP contribution in [0.3, 0.4) is 0 Å². The Balaban J connectivity index is 2.87. The number of hydrogen-bond acceptors (Lipinski definition) is 2. The van der Waals surface area contributed by atoms with Crippen LogP contribution in [0.25, 0.3) is 0 Å². The van der Waals surface area contributed by atoms with Crippen molar-refractivity contribution in [1.82, 2.24) is 0 Å². The summed E-state index contributed by atoms with van der Waals surface area (Å²) >= 11 is 0. The van der Waals surface area contributed by atoms with E-state index in [1.54, 1.807) is 19.1 Å². The van der Waals surface area contributed by atoms with Gasteiger partial charge in [0.15, 0.2) is 0 Å². The van der Waals surface area contributed by atoms with Gasteiger partial charge >= 0.3 is 5.97 Å². The lowest BCUT2D eigenvalue weighted by molar-refractivity contribution is 0.0696. The van der Waals surface area contributed by atoms with E-state index < -0.39 is 16.8 Å². The summed E-state index contributed by atoms with van der Waals surface area (Å²) in [7, 11) is -1.13. The Kier molecular flexibility index (Phi) is 4.68. The van der Waals surface area contributed by atoms with Crippen molar-refractivity contribution in [2.75, 3.05) is 5.75 Å². The zero-order valence-corrected chi connectivity index (χ0v) is 12.1. The molecular formula is C14H20O3S. The number of carbonyl (C=O) groups is 1. The Labute approximate surface area is 111 Å². The highest BCUT2D eigenvalue weighted by Crippen LogP contribution is 2.21. The van der Waals surface area contributed by atoms with E-state index in [-0.39, 0.29) is 11.0 Å². The van der Waals surface area contributed by atoms with Gasteiger partial charge in [0, 0.05) is 10.6 Å². The smallest absolute Gasteiger partial charge is 0.335 e. The Morgan fingerprint density at radius 2 is 1.94 bits per heavy atom. The van der Waals surface area contributed by atoms with Gasteiger partial charge in [-0.1, -0.05) is 26.8 Å². The minimum absolute atomic E-state index is 0.135. The molecule has 100 valence electrons. The van der Waals surface area contributed by atoms with Crippen molar-refractivity contribution >= 4 is 16.8 Å². The van der Waals surface area contributed by atoms with Crippen LogP contribution in [0, 0.1) is 12.3 Å². The first-order valence-electron chi connectivity index (χ1n) is 5.93. The molecule has 3 nitrogen and oxygen atoms in total. The van der Waals surface area contributed by atoms with Crippen LogP contribution in [0.15, 0.2) is 23.1 Å². The Hall–Kier alpha value is -1.16. The molecule has 0 spiro atoms. The fourth-order valence-electron chi connectivity index (χ4n) is 1.49. The van der Waals surface area contributed by atoms with Crippen LogP contribution in [0.5, 0.6) is 0 Å². The highest BCUT2D eigenvalue weighted by atomic mass is 32.2. The number of hydrogen-bond donors (Lipinski definition) is 1. The zero-order chi connectivity index (χ0) is 13.9. The Morgan fingerprint density at radius 3 is 2.44 bits per heavy atom. The maximum Gasteiger partial charge on any atom is 0.335 e. The standard InChI is InChI=1S/C14H20O3S/c1-10-5-6-11(9-12(10)13(15)16)18(17)8-7-14(2,3)4/h5-6,9H,7-8H2,1-4H3,(H,15,16). The number of carboxylic acids is 1. The van der Waals surface area contributed by atoms with Gasteiger partial charge in [0.25, 0.3) is 0 Å². The van der Waals surface area contributed by atoms with E-state index in [9.17, 15) is 9.00 Å². The molecule has 1 aromatic rings. The first-order chi connectivity index (χ1) is 8.20. The topological polar surface area (TPSA) is 54.4 Å². The van der Waals surface area contributed by atoms with Gasteiger partial charge in [-0.15, -0.1) is 0 Å². The minimum atomic E-state index is -1.13. The average molecular weight is 268 g/mol. The molecular weight excluding hydrogens is 248 g/mol. The lowest BCUT2D eigenvalue weighted by atomic mass is 9.94. The number of aromatic carboxylic acids is 1. The van der Waals surface area contributed by atoms with Crippen LogP contribution < -0.4 is 0 Å². The Morgan fingerprint density at radius 1 is 1.33 bits per heavy atom. The number of aryl methyl sites for hydroxylation is 1. The molecule has 0 heterocycles. The lowest BCUT2D eigenvalue weighted by Crippen LogP contribution is -2.11. The van der Waals surface area contributed by atoms with Gasteiger partial charge < -0.3 is 5.11 Å². The van der Waals surface area contributed by atoms with E-state index >= 15 is 0 Å². The monoisotopic (exact) mass is 268 g/mol. The van der Waals surface area contributed by atoms with Crippen molar-refractivity contribution in [3.63, 3.8) is 0 Å². The first kappa shape index (κ1) is 14.9. The van der Waals surface area contributed by atoms with E-state index in [1.165, 1.54) is 6.07 Å². The second kappa shape index (κ2) is 5.65. The van der Waals surface area contributed by atoms with Crippen molar-refractivity contribution in [3.05, 3.63) is 29.3 Å². The highest BCUT2D eigenvalue weighted by Gasteiger charge is 2.15. The minimum Gasteiger partial charge on any atom is -0.478 e. The zero-order valence-electron chi connectivity index (χ0n) is 11.3. The molecule has 1 atom stereocenters. The first-order valence-corrected chi connectivity index (χ1v) is 7.25. The molecule has 0 aliphatic heterocycles.